The van der Waals surface area contributed by atoms with E-state index in [4.69, 9.17) is 9.15 Å². The first-order chi connectivity index (χ1) is 17.1. The molecular formula is C23H23F3N6O4. The van der Waals surface area contributed by atoms with E-state index in [9.17, 15) is 23.3 Å². The van der Waals surface area contributed by atoms with Crippen molar-refractivity contribution in [1.29, 1.82) is 0 Å². The van der Waals surface area contributed by atoms with Gasteiger partial charge in [0, 0.05) is 42.3 Å². The molecule has 36 heavy (non-hydrogen) atoms. The van der Waals surface area contributed by atoms with Gasteiger partial charge in [-0.3, -0.25) is 14.9 Å². The highest BCUT2D eigenvalue weighted by atomic mass is 19.4. The van der Waals surface area contributed by atoms with Gasteiger partial charge in [-0.05, 0) is 57.6 Å². The number of rotatable bonds is 5. The number of hydrogen-bond acceptors (Lipinski definition) is 9. The highest BCUT2D eigenvalue weighted by Gasteiger charge is 2.80. The quantitative estimate of drug-likeness (QED) is 0.379. The van der Waals surface area contributed by atoms with Crippen molar-refractivity contribution in [2.45, 2.75) is 42.6 Å². The van der Waals surface area contributed by atoms with Crippen LogP contribution in [-0.2, 0) is 10.2 Å². The van der Waals surface area contributed by atoms with E-state index in [2.05, 4.69) is 20.1 Å². The topological polar surface area (TPSA) is 111 Å². The van der Waals surface area contributed by atoms with Gasteiger partial charge in [0.1, 0.15) is 11.1 Å². The summed E-state index contributed by atoms with van der Waals surface area (Å²) < 4.78 is 51.3. The monoisotopic (exact) mass is 504 g/mol. The van der Waals surface area contributed by atoms with Crippen molar-refractivity contribution in [2.24, 2.45) is 0 Å². The zero-order valence-corrected chi connectivity index (χ0v) is 19.4. The van der Waals surface area contributed by atoms with Gasteiger partial charge in [0.05, 0.1) is 10.3 Å². The number of fused-ring (bicyclic) bond motifs is 2. The molecule has 3 aromatic rings. The summed E-state index contributed by atoms with van der Waals surface area (Å²) in [6.45, 7) is 1.81. The molecule has 0 radical (unpaired) electrons. The van der Waals surface area contributed by atoms with Crippen LogP contribution in [0.2, 0.25) is 0 Å². The smallest absolute Gasteiger partial charge is 0.424 e. The number of anilines is 1. The summed E-state index contributed by atoms with van der Waals surface area (Å²) in [5, 5.41) is 20.4. The van der Waals surface area contributed by atoms with Crippen LogP contribution in [0.15, 0.2) is 34.9 Å². The maximum Gasteiger partial charge on any atom is 0.523 e. The molecular weight excluding hydrogens is 481 g/mol. The second kappa shape index (κ2) is 7.84. The molecule has 4 heterocycles. The Bertz CT molecular complexity index is 1340. The minimum atomic E-state index is -4.85. The number of benzene rings is 1. The van der Waals surface area contributed by atoms with Gasteiger partial charge in [-0.25, -0.2) is 4.98 Å². The van der Waals surface area contributed by atoms with Gasteiger partial charge in [-0.15, -0.1) is 23.4 Å². The lowest BCUT2D eigenvalue weighted by Gasteiger charge is -2.26. The fourth-order valence-corrected chi connectivity index (χ4v) is 5.85. The van der Waals surface area contributed by atoms with Gasteiger partial charge in [0.25, 0.3) is 5.69 Å². The van der Waals surface area contributed by atoms with Crippen molar-refractivity contribution in [3.8, 4) is 0 Å². The number of ether oxygens (including phenoxy) is 1. The highest BCUT2D eigenvalue weighted by Crippen LogP contribution is 2.66. The summed E-state index contributed by atoms with van der Waals surface area (Å²) in [5.41, 5.74) is -2.18. The third-order valence-electron chi connectivity index (χ3n) is 7.73. The van der Waals surface area contributed by atoms with E-state index in [0.29, 0.717) is 17.0 Å². The van der Waals surface area contributed by atoms with Crippen molar-refractivity contribution in [2.75, 3.05) is 38.1 Å². The van der Waals surface area contributed by atoms with E-state index in [1.807, 2.05) is 7.05 Å². The summed E-state index contributed by atoms with van der Waals surface area (Å²) >= 11 is 0. The van der Waals surface area contributed by atoms with Gasteiger partial charge in [-0.2, -0.15) is 0 Å². The Morgan fingerprint density at radius 3 is 2.69 bits per heavy atom. The van der Waals surface area contributed by atoms with Gasteiger partial charge < -0.3 is 14.2 Å². The number of pyridine rings is 1. The maximum absolute atomic E-state index is 13.5. The predicted molar refractivity (Wildman–Crippen MR) is 121 cm³/mol. The summed E-state index contributed by atoms with van der Waals surface area (Å²) in [6, 6.07) is 6.17. The van der Waals surface area contributed by atoms with Gasteiger partial charge >= 0.3 is 6.36 Å². The van der Waals surface area contributed by atoms with Crippen LogP contribution in [0.3, 0.4) is 0 Å². The van der Waals surface area contributed by atoms with Crippen LogP contribution >= 0.6 is 0 Å². The Balaban J connectivity index is 1.36. The molecule has 13 heteroatoms. The summed E-state index contributed by atoms with van der Waals surface area (Å²) in [7, 11) is 2.03. The van der Waals surface area contributed by atoms with Crippen LogP contribution in [0.1, 0.15) is 37.0 Å². The molecule has 2 atom stereocenters. The van der Waals surface area contributed by atoms with E-state index in [1.165, 1.54) is 12.3 Å². The molecule has 1 aliphatic carbocycles. The minimum absolute atomic E-state index is 0.0673. The van der Waals surface area contributed by atoms with E-state index in [1.54, 1.807) is 23.1 Å². The Morgan fingerprint density at radius 2 is 1.97 bits per heavy atom. The van der Waals surface area contributed by atoms with Gasteiger partial charge in [-0.1, -0.05) is 0 Å². The standard InChI is InChI=1S/C23H23F3N6O4/c1-30-9-6-14(7-10-30)19-28-29-20(35-19)21-11-22(21,36-23(24,25)26)13-31(12-21)16-4-5-17(32(33)34)18-15(16)3-2-8-27-18/h2-5,8,14H,6-7,9-13H2,1H3/t21-,22+/m1/s1. The maximum atomic E-state index is 13.5. The number of nitro groups is 1. The normalized spacial score (nSPS) is 26.9. The number of likely N-dealkylation sites (tertiary alicyclic amines) is 1. The van der Waals surface area contributed by atoms with Crippen LogP contribution in [0.25, 0.3) is 10.9 Å². The van der Waals surface area contributed by atoms with Crippen LogP contribution < -0.4 is 4.90 Å². The van der Waals surface area contributed by atoms with Crippen LogP contribution in [0.5, 0.6) is 0 Å². The zero-order valence-electron chi connectivity index (χ0n) is 19.4. The summed E-state index contributed by atoms with van der Waals surface area (Å²) in [4.78, 5) is 19.0. The summed E-state index contributed by atoms with van der Waals surface area (Å²) in [6.07, 6.45) is -1.65. The number of aromatic nitrogens is 3. The molecule has 10 nitrogen and oxygen atoms in total. The molecule has 1 saturated carbocycles. The third-order valence-corrected chi connectivity index (χ3v) is 7.73. The largest absolute Gasteiger partial charge is 0.523 e. The van der Waals surface area contributed by atoms with Crippen molar-refractivity contribution >= 4 is 22.3 Å². The second-order valence-corrected chi connectivity index (χ2v) is 9.94. The molecule has 190 valence electrons. The van der Waals surface area contributed by atoms with Crippen molar-refractivity contribution in [3.05, 3.63) is 52.4 Å². The van der Waals surface area contributed by atoms with E-state index >= 15 is 0 Å². The Hall–Kier alpha value is -3.32. The van der Waals surface area contributed by atoms with Gasteiger partial charge in [0.2, 0.25) is 11.8 Å². The van der Waals surface area contributed by atoms with Crippen molar-refractivity contribution in [3.63, 3.8) is 0 Å². The average Bonchev–Trinajstić information content (AvgIpc) is 3.14. The lowest BCUT2D eigenvalue weighted by molar-refractivity contribution is -0.383. The van der Waals surface area contributed by atoms with Crippen LogP contribution in [0, 0.1) is 10.1 Å². The average molecular weight is 504 g/mol. The number of alkyl halides is 3. The molecule has 2 aliphatic heterocycles. The first-order valence-corrected chi connectivity index (χ1v) is 11.7. The zero-order chi connectivity index (χ0) is 25.3. The molecule has 0 spiro atoms. The molecule has 0 bridgehead atoms. The lowest BCUT2D eigenvalue weighted by Crippen LogP contribution is -2.34. The van der Waals surface area contributed by atoms with Crippen LogP contribution in [-0.4, -0.2) is 70.2 Å². The number of nitro benzene ring substituents is 1. The first kappa shape index (κ1) is 23.1. The van der Waals surface area contributed by atoms with E-state index in [-0.39, 0.29) is 42.5 Å². The SMILES string of the molecule is CN1CCC(c2nnc([C@@]34CN(c5ccc([N+](=O)[O-])c6ncccc56)C[C@@]3(OC(F)(F)F)C4)o2)CC1. The number of hydrogen-bond donors (Lipinski definition) is 0. The van der Waals surface area contributed by atoms with Crippen molar-refractivity contribution in [1.82, 2.24) is 20.1 Å². The summed E-state index contributed by atoms with van der Waals surface area (Å²) in [5.74, 6) is 0.661. The van der Waals surface area contributed by atoms with E-state index < -0.39 is 22.3 Å². The number of nitrogens with zero attached hydrogens (tertiary/aromatic N) is 6. The molecule has 2 aromatic heterocycles. The minimum Gasteiger partial charge on any atom is -0.424 e. The Kier molecular flexibility index (Phi) is 5.03. The van der Waals surface area contributed by atoms with Gasteiger partial charge in [0.15, 0.2) is 0 Å². The molecule has 3 fully saturated rings. The Labute approximate surface area is 203 Å². The molecule has 0 N–H and O–H groups in total. The van der Waals surface area contributed by atoms with Crippen LogP contribution in [0.4, 0.5) is 24.5 Å². The number of halogens is 3. The molecule has 0 unspecified atom stereocenters. The first-order valence-electron chi connectivity index (χ1n) is 11.7. The van der Waals surface area contributed by atoms with E-state index in [0.717, 1.165) is 25.9 Å². The fourth-order valence-electron chi connectivity index (χ4n) is 5.85. The lowest BCUT2D eigenvalue weighted by atomic mass is 9.97. The number of non-ortho nitro benzene ring substituents is 1. The molecule has 3 aliphatic rings. The highest BCUT2D eigenvalue weighted by molar-refractivity contribution is 5.97. The fraction of sp³-hybridized carbons (Fsp3) is 0.522. The predicted octanol–water partition coefficient (Wildman–Crippen LogP) is 3.77. The molecule has 6 rings (SSSR count). The molecule has 1 aromatic carbocycles. The third kappa shape index (κ3) is 3.60. The number of piperidine rings is 2. The molecule has 0 amide bonds. The molecule has 2 saturated heterocycles. The van der Waals surface area contributed by atoms with Crippen molar-refractivity contribution < 1.29 is 27.2 Å². The Morgan fingerprint density at radius 1 is 1.19 bits per heavy atom. The second-order valence-electron chi connectivity index (χ2n) is 9.94.